The summed E-state index contributed by atoms with van der Waals surface area (Å²) in [5.41, 5.74) is 0.0814. The van der Waals surface area contributed by atoms with Gasteiger partial charge < -0.3 is 9.30 Å². The molecular weight excluding hydrogens is 459 g/mol. The van der Waals surface area contributed by atoms with Crippen LogP contribution >= 0.6 is 23.2 Å². The van der Waals surface area contributed by atoms with Crippen LogP contribution in [0.25, 0.3) is 11.8 Å². The van der Waals surface area contributed by atoms with E-state index in [-0.39, 0.29) is 38.3 Å². The van der Waals surface area contributed by atoms with E-state index in [1.807, 2.05) is 6.92 Å². The van der Waals surface area contributed by atoms with Crippen LogP contribution in [0, 0.1) is 11.6 Å². The number of hydrogen-bond donors (Lipinski definition) is 0. The molecule has 1 aliphatic rings. The quantitative estimate of drug-likeness (QED) is 0.452. The molecule has 0 saturated heterocycles. The van der Waals surface area contributed by atoms with Crippen LogP contribution in [0.4, 0.5) is 8.78 Å². The van der Waals surface area contributed by atoms with E-state index in [1.165, 1.54) is 18.4 Å². The van der Waals surface area contributed by atoms with Gasteiger partial charge in [0.15, 0.2) is 0 Å². The summed E-state index contributed by atoms with van der Waals surface area (Å²) in [7, 11) is 0. The second-order valence-electron chi connectivity index (χ2n) is 6.99. The molecule has 0 saturated carbocycles. The van der Waals surface area contributed by atoms with Gasteiger partial charge in [0.2, 0.25) is 0 Å². The number of halogens is 4. The monoisotopic (exact) mass is 475 g/mol. The molecule has 0 unspecified atom stereocenters. The molecule has 2 heterocycles. The van der Waals surface area contributed by atoms with Gasteiger partial charge in [-0.05, 0) is 44.2 Å². The summed E-state index contributed by atoms with van der Waals surface area (Å²) in [6, 6.07) is 6.02. The standard InChI is InChI=1S/C23H17Cl2F2N3O2/c1-3-32-10-9-13-11-30-17-8-7-14(24)20(25)19(17)21(18-15(26)5-4-6-16(18)27)28-12(2)22(30)29-23(13)31/h4-12H,3H2,1-2H3/b10-9+/t12-/m0/s1. The van der Waals surface area contributed by atoms with Crippen molar-refractivity contribution in [2.24, 2.45) is 4.99 Å². The van der Waals surface area contributed by atoms with Crippen LogP contribution in [0.15, 0.2) is 52.6 Å². The van der Waals surface area contributed by atoms with Crippen molar-refractivity contribution >= 4 is 35.0 Å². The van der Waals surface area contributed by atoms with E-state index < -0.39 is 23.2 Å². The smallest absolute Gasteiger partial charge is 0.280 e. The molecule has 164 valence electrons. The lowest BCUT2D eigenvalue weighted by atomic mass is 9.99. The Hall–Kier alpha value is -3.03. The molecule has 0 bridgehead atoms. The predicted octanol–water partition coefficient (Wildman–Crippen LogP) is 5.74. The van der Waals surface area contributed by atoms with Crippen LogP contribution in [0.5, 0.6) is 0 Å². The van der Waals surface area contributed by atoms with Gasteiger partial charge in [-0.3, -0.25) is 9.79 Å². The molecule has 0 fully saturated rings. The molecule has 1 aromatic heterocycles. The lowest BCUT2D eigenvalue weighted by Gasteiger charge is -2.17. The van der Waals surface area contributed by atoms with Gasteiger partial charge in [-0.25, -0.2) is 8.78 Å². The Labute approximate surface area is 192 Å². The number of hydrogen-bond acceptors (Lipinski definition) is 4. The molecule has 32 heavy (non-hydrogen) atoms. The van der Waals surface area contributed by atoms with Gasteiger partial charge in [0.25, 0.3) is 5.56 Å². The molecule has 4 rings (SSSR count). The van der Waals surface area contributed by atoms with Crippen molar-refractivity contribution in [1.82, 2.24) is 9.55 Å². The highest BCUT2D eigenvalue weighted by Crippen LogP contribution is 2.37. The van der Waals surface area contributed by atoms with Crippen LogP contribution in [-0.4, -0.2) is 21.9 Å². The first-order valence-electron chi connectivity index (χ1n) is 9.76. The first-order chi connectivity index (χ1) is 15.3. The third kappa shape index (κ3) is 3.82. The Morgan fingerprint density at radius 1 is 1.16 bits per heavy atom. The molecule has 0 spiro atoms. The van der Waals surface area contributed by atoms with Gasteiger partial charge in [0, 0.05) is 11.8 Å². The number of rotatable bonds is 4. The minimum atomic E-state index is -0.799. The maximum Gasteiger partial charge on any atom is 0.280 e. The predicted molar refractivity (Wildman–Crippen MR) is 121 cm³/mol. The Bertz CT molecular complexity index is 1320. The Morgan fingerprint density at radius 3 is 2.56 bits per heavy atom. The second kappa shape index (κ2) is 8.84. The van der Waals surface area contributed by atoms with Crippen molar-refractivity contribution in [2.75, 3.05) is 6.61 Å². The van der Waals surface area contributed by atoms with Crippen LogP contribution in [-0.2, 0) is 4.74 Å². The fourth-order valence-electron chi connectivity index (χ4n) is 3.50. The van der Waals surface area contributed by atoms with Crippen LogP contribution in [0.1, 0.15) is 42.4 Å². The number of aromatic nitrogens is 2. The highest BCUT2D eigenvalue weighted by Gasteiger charge is 2.29. The van der Waals surface area contributed by atoms with E-state index in [1.54, 1.807) is 29.8 Å². The fraction of sp³-hybridized carbons (Fsp3) is 0.174. The summed E-state index contributed by atoms with van der Waals surface area (Å²) in [6.45, 7) is 3.93. The molecule has 2 aromatic carbocycles. The molecule has 1 atom stereocenters. The number of fused-ring (bicyclic) bond motifs is 3. The SMILES string of the molecule is CCO/C=C/c1cn2c(nc1=O)[C@H](C)N=C(c1c(F)cccc1F)c1c-2ccc(Cl)c1Cl. The molecule has 0 aliphatic carbocycles. The Kier molecular flexibility index (Phi) is 6.13. The zero-order chi connectivity index (χ0) is 23.0. The van der Waals surface area contributed by atoms with E-state index >= 15 is 0 Å². The third-order valence-corrected chi connectivity index (χ3v) is 5.76. The summed E-state index contributed by atoms with van der Waals surface area (Å²) >= 11 is 12.8. The summed E-state index contributed by atoms with van der Waals surface area (Å²) in [4.78, 5) is 21.3. The van der Waals surface area contributed by atoms with Gasteiger partial charge in [-0.15, -0.1) is 0 Å². The van der Waals surface area contributed by atoms with Crippen molar-refractivity contribution < 1.29 is 13.5 Å². The van der Waals surface area contributed by atoms with Crippen LogP contribution in [0.2, 0.25) is 10.0 Å². The van der Waals surface area contributed by atoms with Crippen LogP contribution in [0.3, 0.4) is 0 Å². The largest absolute Gasteiger partial charge is 0.501 e. The van der Waals surface area contributed by atoms with E-state index in [4.69, 9.17) is 27.9 Å². The summed E-state index contributed by atoms with van der Waals surface area (Å²) < 4.78 is 36.3. The molecule has 9 heteroatoms. The summed E-state index contributed by atoms with van der Waals surface area (Å²) in [5.74, 6) is -1.31. The number of aliphatic imine (C=N–C) groups is 1. The molecule has 3 aromatic rings. The number of ether oxygens (including phenoxy) is 1. The van der Waals surface area contributed by atoms with Crippen molar-refractivity contribution in [3.8, 4) is 5.69 Å². The van der Waals surface area contributed by atoms with Gasteiger partial charge in [-0.1, -0.05) is 29.3 Å². The zero-order valence-corrected chi connectivity index (χ0v) is 18.6. The Morgan fingerprint density at radius 2 is 1.88 bits per heavy atom. The first-order valence-corrected chi connectivity index (χ1v) is 10.5. The van der Waals surface area contributed by atoms with Gasteiger partial charge in [0.1, 0.15) is 23.5 Å². The highest BCUT2D eigenvalue weighted by atomic mass is 35.5. The van der Waals surface area contributed by atoms with E-state index in [0.29, 0.717) is 12.3 Å². The molecule has 0 N–H and O–H groups in total. The van der Waals surface area contributed by atoms with Crippen molar-refractivity contribution in [3.63, 3.8) is 0 Å². The first kappa shape index (κ1) is 22.2. The van der Waals surface area contributed by atoms with Crippen molar-refractivity contribution in [1.29, 1.82) is 0 Å². The average molecular weight is 476 g/mol. The molecular formula is C23H17Cl2F2N3O2. The fourth-order valence-corrected chi connectivity index (χ4v) is 3.91. The average Bonchev–Trinajstić information content (AvgIpc) is 2.86. The third-order valence-electron chi connectivity index (χ3n) is 4.95. The van der Waals surface area contributed by atoms with Crippen LogP contribution < -0.4 is 5.56 Å². The lowest BCUT2D eigenvalue weighted by Crippen LogP contribution is -2.20. The second-order valence-corrected chi connectivity index (χ2v) is 7.78. The minimum absolute atomic E-state index is 0.0139. The van der Waals surface area contributed by atoms with Crippen molar-refractivity contribution in [2.45, 2.75) is 19.9 Å². The topological polar surface area (TPSA) is 56.5 Å². The highest BCUT2D eigenvalue weighted by molar-refractivity contribution is 6.45. The maximum absolute atomic E-state index is 14.8. The molecule has 1 aliphatic heterocycles. The molecule has 0 radical (unpaired) electrons. The van der Waals surface area contributed by atoms with E-state index in [0.717, 1.165) is 12.1 Å². The summed E-state index contributed by atoms with van der Waals surface area (Å²) in [5, 5.41) is 0.271. The van der Waals surface area contributed by atoms with Gasteiger partial charge in [0.05, 0.1) is 45.4 Å². The minimum Gasteiger partial charge on any atom is -0.501 e. The maximum atomic E-state index is 14.8. The van der Waals surface area contributed by atoms with Gasteiger partial charge >= 0.3 is 0 Å². The number of benzene rings is 2. The lowest BCUT2D eigenvalue weighted by molar-refractivity contribution is 0.272. The normalized spacial score (nSPS) is 15.2. The zero-order valence-electron chi connectivity index (χ0n) is 17.1. The number of nitrogens with zero attached hydrogens (tertiary/aromatic N) is 3. The Balaban J connectivity index is 2.06. The summed E-state index contributed by atoms with van der Waals surface area (Å²) in [6.07, 6.45) is 4.46. The van der Waals surface area contributed by atoms with E-state index in [2.05, 4.69) is 9.98 Å². The molecule has 0 amide bonds. The van der Waals surface area contributed by atoms with E-state index in [9.17, 15) is 13.6 Å². The molecule has 5 nitrogen and oxygen atoms in total. The van der Waals surface area contributed by atoms with Gasteiger partial charge in [-0.2, -0.15) is 4.98 Å². The van der Waals surface area contributed by atoms with Crippen molar-refractivity contribution in [3.05, 3.63) is 97.3 Å².